The van der Waals surface area contributed by atoms with Crippen LogP contribution in [0.2, 0.25) is 0 Å². The molecule has 0 saturated carbocycles. The molecule has 1 aliphatic carbocycles. The van der Waals surface area contributed by atoms with Crippen LogP contribution >= 0.6 is 15.9 Å². The van der Waals surface area contributed by atoms with Crippen LogP contribution in [0.5, 0.6) is 0 Å². The van der Waals surface area contributed by atoms with Gasteiger partial charge in [-0.05, 0) is 30.2 Å². The smallest absolute Gasteiger partial charge is 0.400 e. The number of hydrogen-bond acceptors (Lipinski definition) is 2. The van der Waals surface area contributed by atoms with Crippen molar-refractivity contribution in [3.8, 4) is 0 Å². The maximum Gasteiger partial charge on any atom is 0.412 e. The molecule has 128 valence electrons. The number of hydrogen-bond donors (Lipinski definition) is 3. The van der Waals surface area contributed by atoms with Gasteiger partial charge in [-0.3, -0.25) is 0 Å². The number of benzene rings is 1. The number of rotatable bonds is 3. The van der Waals surface area contributed by atoms with E-state index in [0.29, 0.717) is 6.54 Å². The van der Waals surface area contributed by atoms with Crippen LogP contribution < -0.4 is 10.6 Å². The van der Waals surface area contributed by atoms with E-state index in [9.17, 15) is 18.0 Å². The Hall–Kier alpha value is -1.54. The number of urea groups is 1. The summed E-state index contributed by atoms with van der Waals surface area (Å²) in [6.45, 7) is 1.71. The highest BCUT2D eigenvalue weighted by Crippen LogP contribution is 2.40. The van der Waals surface area contributed by atoms with Crippen molar-refractivity contribution < 1.29 is 23.1 Å². The molecule has 0 heterocycles. The van der Waals surface area contributed by atoms with Gasteiger partial charge >= 0.3 is 12.2 Å². The third-order valence-corrected chi connectivity index (χ3v) is 3.89. The molecule has 0 radical (unpaired) electrons. The fourth-order valence-corrected chi connectivity index (χ4v) is 2.58. The second kappa shape index (κ2) is 8.35. The summed E-state index contributed by atoms with van der Waals surface area (Å²) in [5.41, 5.74) is 0.538. The standard InChI is InChI=1S/C14H14BrF3N2O.CH4O/c1-8-11(14(16,17)18)6-12(8)20-13(21)19-7-9-3-2-4-10(15)5-9;1-2/h2-5,12H,6-7H2,1H3,(H2,19,20,21);2H,1H3. The van der Waals surface area contributed by atoms with Gasteiger partial charge in [0, 0.05) is 30.1 Å². The molecule has 1 aliphatic rings. The van der Waals surface area contributed by atoms with E-state index in [1.165, 1.54) is 6.92 Å². The summed E-state index contributed by atoms with van der Waals surface area (Å²) in [6.07, 6.45) is -4.46. The van der Waals surface area contributed by atoms with Crippen molar-refractivity contribution in [2.45, 2.75) is 32.1 Å². The van der Waals surface area contributed by atoms with Crippen LogP contribution in [0.4, 0.5) is 18.0 Å². The van der Waals surface area contributed by atoms with Gasteiger partial charge in [-0.2, -0.15) is 13.2 Å². The van der Waals surface area contributed by atoms with Gasteiger partial charge in [0.2, 0.25) is 0 Å². The molecular weight excluding hydrogens is 377 g/mol. The molecular formula is C15H18BrF3N2O2. The van der Waals surface area contributed by atoms with Crippen molar-refractivity contribution >= 4 is 22.0 Å². The molecule has 0 aliphatic heterocycles. The van der Waals surface area contributed by atoms with E-state index in [1.807, 2.05) is 24.3 Å². The third-order valence-electron chi connectivity index (χ3n) is 3.40. The van der Waals surface area contributed by atoms with E-state index in [1.54, 1.807) is 0 Å². The Balaban J connectivity index is 0.00000127. The van der Waals surface area contributed by atoms with Gasteiger partial charge in [0.25, 0.3) is 0 Å². The Bertz CT molecular complexity index is 588. The molecule has 1 aromatic rings. The van der Waals surface area contributed by atoms with Crippen molar-refractivity contribution in [2.75, 3.05) is 7.11 Å². The van der Waals surface area contributed by atoms with E-state index >= 15 is 0 Å². The van der Waals surface area contributed by atoms with Crippen LogP contribution in [-0.2, 0) is 6.54 Å². The maximum absolute atomic E-state index is 12.5. The van der Waals surface area contributed by atoms with Gasteiger partial charge in [-0.25, -0.2) is 4.79 Å². The van der Waals surface area contributed by atoms with Crippen molar-refractivity contribution in [1.29, 1.82) is 0 Å². The topological polar surface area (TPSA) is 61.4 Å². The van der Waals surface area contributed by atoms with Crippen LogP contribution in [0.3, 0.4) is 0 Å². The lowest BCUT2D eigenvalue weighted by Gasteiger charge is -2.33. The lowest BCUT2D eigenvalue weighted by molar-refractivity contribution is -0.0993. The molecule has 0 fully saturated rings. The predicted octanol–water partition coefficient (Wildman–Crippen LogP) is 3.51. The van der Waals surface area contributed by atoms with E-state index in [2.05, 4.69) is 26.6 Å². The first-order valence-corrected chi connectivity index (χ1v) is 7.57. The predicted molar refractivity (Wildman–Crippen MR) is 84.8 cm³/mol. The minimum absolute atomic E-state index is 0.167. The monoisotopic (exact) mass is 394 g/mol. The number of aliphatic hydroxyl groups excluding tert-OH is 1. The SMILES string of the molecule is CC1=C(C(F)(F)F)CC1NC(=O)NCc1cccc(Br)c1.CO. The molecule has 1 unspecified atom stereocenters. The normalized spacial score (nSPS) is 16.9. The Labute approximate surface area is 140 Å². The van der Waals surface area contributed by atoms with Crippen molar-refractivity contribution in [1.82, 2.24) is 10.6 Å². The molecule has 4 nitrogen and oxygen atoms in total. The highest BCUT2D eigenvalue weighted by atomic mass is 79.9. The lowest BCUT2D eigenvalue weighted by Crippen LogP contribution is -2.48. The Morgan fingerprint density at radius 2 is 2.04 bits per heavy atom. The summed E-state index contributed by atoms with van der Waals surface area (Å²) in [5.74, 6) is 0. The van der Waals surface area contributed by atoms with E-state index in [4.69, 9.17) is 5.11 Å². The van der Waals surface area contributed by atoms with Gasteiger partial charge in [0.05, 0.1) is 6.04 Å². The second-order valence-electron chi connectivity index (χ2n) is 4.87. The summed E-state index contributed by atoms with van der Waals surface area (Å²) in [4.78, 5) is 11.7. The van der Waals surface area contributed by atoms with Gasteiger partial charge in [-0.15, -0.1) is 0 Å². The number of halogens is 4. The molecule has 0 spiro atoms. The molecule has 23 heavy (non-hydrogen) atoms. The highest BCUT2D eigenvalue weighted by molar-refractivity contribution is 9.10. The van der Waals surface area contributed by atoms with Crippen molar-refractivity contribution in [3.63, 3.8) is 0 Å². The minimum Gasteiger partial charge on any atom is -0.400 e. The van der Waals surface area contributed by atoms with Gasteiger partial charge < -0.3 is 15.7 Å². The van der Waals surface area contributed by atoms with Crippen molar-refractivity contribution in [2.24, 2.45) is 0 Å². The maximum atomic E-state index is 12.5. The number of alkyl halides is 3. The fraction of sp³-hybridized carbons (Fsp3) is 0.400. The molecule has 0 saturated heterocycles. The van der Waals surface area contributed by atoms with Crippen LogP contribution in [-0.4, -0.2) is 30.5 Å². The van der Waals surface area contributed by atoms with E-state index in [0.717, 1.165) is 17.1 Å². The molecule has 1 atom stereocenters. The van der Waals surface area contributed by atoms with Crippen LogP contribution in [0, 0.1) is 0 Å². The van der Waals surface area contributed by atoms with Crippen LogP contribution in [0.1, 0.15) is 18.9 Å². The highest BCUT2D eigenvalue weighted by Gasteiger charge is 2.43. The van der Waals surface area contributed by atoms with E-state index < -0.39 is 23.8 Å². The Kier molecular flexibility index (Phi) is 7.08. The Morgan fingerprint density at radius 1 is 1.39 bits per heavy atom. The second-order valence-corrected chi connectivity index (χ2v) is 5.79. The number of aliphatic hydroxyl groups is 1. The summed E-state index contributed by atoms with van der Waals surface area (Å²) in [5, 5.41) is 12.2. The van der Waals surface area contributed by atoms with Gasteiger partial charge in [0.1, 0.15) is 0 Å². The average molecular weight is 395 g/mol. The number of carbonyl (C=O) groups is 1. The summed E-state index contributed by atoms with van der Waals surface area (Å²) >= 11 is 3.32. The molecule has 8 heteroatoms. The number of carbonyl (C=O) groups excluding carboxylic acids is 1. The molecule has 3 N–H and O–H groups in total. The van der Waals surface area contributed by atoms with Gasteiger partial charge in [-0.1, -0.05) is 28.1 Å². The zero-order valence-corrected chi connectivity index (χ0v) is 14.3. The number of amides is 2. The Morgan fingerprint density at radius 3 is 2.57 bits per heavy atom. The largest absolute Gasteiger partial charge is 0.412 e. The first-order valence-electron chi connectivity index (χ1n) is 6.77. The number of nitrogens with one attached hydrogen (secondary N) is 2. The third kappa shape index (κ3) is 5.54. The quantitative estimate of drug-likeness (QED) is 0.687. The lowest BCUT2D eigenvalue weighted by atomic mass is 9.84. The fourth-order valence-electron chi connectivity index (χ4n) is 2.13. The first-order chi connectivity index (χ1) is 10.8. The zero-order chi connectivity index (χ0) is 17.6. The van der Waals surface area contributed by atoms with Crippen molar-refractivity contribution in [3.05, 3.63) is 45.4 Å². The van der Waals surface area contributed by atoms with E-state index in [-0.39, 0.29) is 12.0 Å². The summed E-state index contributed by atoms with van der Waals surface area (Å²) in [6, 6.07) is 6.40. The minimum atomic E-state index is -4.30. The first kappa shape index (κ1) is 19.5. The molecule has 0 aromatic heterocycles. The molecule has 2 rings (SSSR count). The average Bonchev–Trinajstić information content (AvgIpc) is 2.49. The molecule has 0 bridgehead atoms. The summed E-state index contributed by atoms with van der Waals surface area (Å²) < 4.78 is 38.3. The van der Waals surface area contributed by atoms with Gasteiger partial charge in [0.15, 0.2) is 0 Å². The molecule has 2 amide bonds. The van der Waals surface area contributed by atoms with Crippen LogP contribution in [0.25, 0.3) is 0 Å². The molecule has 1 aromatic carbocycles. The van der Waals surface area contributed by atoms with Crippen LogP contribution in [0.15, 0.2) is 39.9 Å². The summed E-state index contributed by atoms with van der Waals surface area (Å²) in [7, 11) is 1.00. The zero-order valence-electron chi connectivity index (χ0n) is 12.7.